The quantitative estimate of drug-likeness (QED) is 0.802. The molecule has 1 aromatic heterocycles. The van der Waals surface area contributed by atoms with Crippen LogP contribution in [0.4, 0.5) is 18.3 Å². The molecule has 0 fully saturated rings. The van der Waals surface area contributed by atoms with Gasteiger partial charge in [0.15, 0.2) is 0 Å². The second-order valence-corrected chi connectivity index (χ2v) is 5.16. The summed E-state index contributed by atoms with van der Waals surface area (Å²) in [5, 5.41) is 8.42. The first-order valence-corrected chi connectivity index (χ1v) is 6.14. The van der Waals surface area contributed by atoms with E-state index in [0.717, 1.165) is 0 Å². The molecule has 1 rings (SSSR count). The van der Waals surface area contributed by atoms with Crippen LogP contribution in [0.25, 0.3) is 0 Å². The summed E-state index contributed by atoms with van der Waals surface area (Å²) in [6.07, 6.45) is -4.64. The Hall–Kier alpha value is -1.49. The van der Waals surface area contributed by atoms with E-state index in [2.05, 4.69) is 38.0 Å². The van der Waals surface area contributed by atoms with Gasteiger partial charge in [0.1, 0.15) is 0 Å². The summed E-state index contributed by atoms with van der Waals surface area (Å²) in [7, 11) is 0. The normalized spacial score (nSPS) is 10.9. The number of amides is 2. The van der Waals surface area contributed by atoms with Crippen LogP contribution in [-0.2, 0) is 15.8 Å². The molecule has 0 saturated heterocycles. The Morgan fingerprint density at radius 3 is 2.42 bits per heavy atom. The van der Waals surface area contributed by atoms with Crippen molar-refractivity contribution in [2.45, 2.75) is 6.18 Å². The van der Waals surface area contributed by atoms with Crippen molar-refractivity contribution in [1.82, 2.24) is 15.5 Å². The van der Waals surface area contributed by atoms with Crippen LogP contribution < -0.4 is 10.6 Å². The predicted octanol–water partition coefficient (Wildman–Crippen LogP) is 1.52. The first-order valence-electron chi connectivity index (χ1n) is 4.53. The number of nitrogens with zero attached hydrogens (tertiary/aromatic N) is 2. The lowest BCUT2D eigenvalue weighted by molar-refractivity contribution is -0.138. The highest BCUT2D eigenvalue weighted by Crippen LogP contribution is 2.32. The van der Waals surface area contributed by atoms with Gasteiger partial charge in [0.2, 0.25) is 10.1 Å². The fourth-order valence-corrected chi connectivity index (χ4v) is 1.54. The number of aromatic nitrogens is 2. The second kappa shape index (κ2) is 6.10. The van der Waals surface area contributed by atoms with E-state index >= 15 is 0 Å². The molecule has 2 amide bonds. The molecule has 0 bridgehead atoms. The molecule has 104 valence electrons. The molecule has 0 atom stereocenters. The SMILES string of the molecule is C=C(Br)CNC(=O)C(=O)Nc1nnc(C(F)(F)F)s1. The summed E-state index contributed by atoms with van der Waals surface area (Å²) in [6, 6.07) is 0. The van der Waals surface area contributed by atoms with E-state index in [1.54, 1.807) is 0 Å². The molecule has 0 aliphatic rings. The average molecular weight is 359 g/mol. The third-order valence-corrected chi connectivity index (χ3v) is 2.70. The van der Waals surface area contributed by atoms with E-state index < -0.39 is 28.1 Å². The van der Waals surface area contributed by atoms with E-state index in [1.807, 2.05) is 5.32 Å². The number of carbonyl (C=O) groups is 2. The molecule has 0 unspecified atom stereocenters. The molecule has 0 radical (unpaired) electrons. The number of anilines is 1. The van der Waals surface area contributed by atoms with Crippen molar-refractivity contribution in [3.8, 4) is 0 Å². The predicted molar refractivity (Wildman–Crippen MR) is 64.6 cm³/mol. The molecule has 0 aliphatic carbocycles. The Kier molecular flexibility index (Phi) is 5.00. The minimum atomic E-state index is -4.64. The highest BCUT2D eigenvalue weighted by Gasteiger charge is 2.36. The van der Waals surface area contributed by atoms with Gasteiger partial charge in [-0.3, -0.25) is 14.9 Å². The maximum absolute atomic E-state index is 12.2. The Balaban J connectivity index is 2.60. The number of hydrogen-bond acceptors (Lipinski definition) is 5. The summed E-state index contributed by atoms with van der Waals surface area (Å²) in [5.41, 5.74) is 0. The Labute approximate surface area is 117 Å². The van der Waals surface area contributed by atoms with Gasteiger partial charge in [0.25, 0.3) is 0 Å². The van der Waals surface area contributed by atoms with Crippen LogP contribution in [-0.4, -0.2) is 28.6 Å². The van der Waals surface area contributed by atoms with Crippen molar-refractivity contribution in [1.29, 1.82) is 0 Å². The molecular weight excluding hydrogens is 353 g/mol. The second-order valence-electron chi connectivity index (χ2n) is 3.06. The topological polar surface area (TPSA) is 84.0 Å². The van der Waals surface area contributed by atoms with Gasteiger partial charge in [-0.2, -0.15) is 13.2 Å². The third kappa shape index (κ3) is 4.95. The smallest absolute Gasteiger partial charge is 0.343 e. The zero-order chi connectivity index (χ0) is 14.6. The van der Waals surface area contributed by atoms with Gasteiger partial charge in [-0.1, -0.05) is 33.8 Å². The number of alkyl halides is 3. The van der Waals surface area contributed by atoms with Crippen LogP contribution in [0.15, 0.2) is 11.1 Å². The molecule has 2 N–H and O–H groups in total. The van der Waals surface area contributed by atoms with E-state index in [9.17, 15) is 22.8 Å². The molecule has 0 spiro atoms. The van der Waals surface area contributed by atoms with Gasteiger partial charge in [-0.25, -0.2) is 0 Å². The minimum Gasteiger partial charge on any atom is -0.343 e. The van der Waals surface area contributed by atoms with Gasteiger partial charge >= 0.3 is 18.0 Å². The molecular formula is C8H6BrF3N4O2S. The first kappa shape index (κ1) is 15.6. The largest absolute Gasteiger partial charge is 0.445 e. The maximum Gasteiger partial charge on any atom is 0.445 e. The molecule has 0 aromatic carbocycles. The highest BCUT2D eigenvalue weighted by atomic mass is 79.9. The Morgan fingerprint density at radius 1 is 1.32 bits per heavy atom. The van der Waals surface area contributed by atoms with Crippen LogP contribution in [0.5, 0.6) is 0 Å². The summed E-state index contributed by atoms with van der Waals surface area (Å²) < 4.78 is 37.1. The van der Waals surface area contributed by atoms with E-state index in [4.69, 9.17) is 0 Å². The van der Waals surface area contributed by atoms with E-state index in [-0.39, 0.29) is 17.9 Å². The van der Waals surface area contributed by atoms with Crippen LogP contribution in [0.2, 0.25) is 0 Å². The molecule has 6 nitrogen and oxygen atoms in total. The Morgan fingerprint density at radius 2 is 1.95 bits per heavy atom. The van der Waals surface area contributed by atoms with Crippen LogP contribution >= 0.6 is 27.3 Å². The van der Waals surface area contributed by atoms with Crippen molar-refractivity contribution in [3.63, 3.8) is 0 Å². The number of rotatable bonds is 3. The Bertz CT molecular complexity index is 516. The van der Waals surface area contributed by atoms with Crippen LogP contribution in [0.1, 0.15) is 5.01 Å². The van der Waals surface area contributed by atoms with Crippen molar-refractivity contribution in [3.05, 3.63) is 16.1 Å². The number of nitrogens with one attached hydrogen (secondary N) is 2. The summed E-state index contributed by atoms with van der Waals surface area (Å²) in [6.45, 7) is 3.44. The molecule has 11 heteroatoms. The van der Waals surface area contributed by atoms with Crippen molar-refractivity contribution in [2.75, 3.05) is 11.9 Å². The summed E-state index contributed by atoms with van der Waals surface area (Å²) in [5.74, 6) is -2.16. The fraction of sp³-hybridized carbons (Fsp3) is 0.250. The number of carbonyl (C=O) groups excluding carboxylic acids is 2. The fourth-order valence-electron chi connectivity index (χ4n) is 0.799. The van der Waals surface area contributed by atoms with Crippen LogP contribution in [0.3, 0.4) is 0 Å². The van der Waals surface area contributed by atoms with Gasteiger partial charge in [-0.15, -0.1) is 10.2 Å². The summed E-state index contributed by atoms with van der Waals surface area (Å²) in [4.78, 5) is 22.5. The van der Waals surface area contributed by atoms with Gasteiger partial charge in [0, 0.05) is 11.0 Å². The molecule has 0 aliphatic heterocycles. The van der Waals surface area contributed by atoms with Crippen molar-refractivity contribution in [2.24, 2.45) is 0 Å². The monoisotopic (exact) mass is 358 g/mol. The molecule has 1 heterocycles. The van der Waals surface area contributed by atoms with Gasteiger partial charge < -0.3 is 5.32 Å². The average Bonchev–Trinajstić information content (AvgIpc) is 2.73. The van der Waals surface area contributed by atoms with Crippen LogP contribution in [0, 0.1) is 0 Å². The van der Waals surface area contributed by atoms with Crippen molar-refractivity contribution >= 4 is 44.2 Å². The lowest BCUT2D eigenvalue weighted by Gasteiger charge is -2.02. The van der Waals surface area contributed by atoms with Gasteiger partial charge in [-0.05, 0) is 0 Å². The number of hydrogen-bond donors (Lipinski definition) is 2. The zero-order valence-corrected chi connectivity index (χ0v) is 11.4. The van der Waals surface area contributed by atoms with E-state index in [0.29, 0.717) is 4.48 Å². The molecule has 19 heavy (non-hydrogen) atoms. The zero-order valence-electron chi connectivity index (χ0n) is 9.05. The maximum atomic E-state index is 12.2. The van der Waals surface area contributed by atoms with E-state index in [1.165, 1.54) is 0 Å². The lowest BCUT2D eigenvalue weighted by Crippen LogP contribution is -2.35. The highest BCUT2D eigenvalue weighted by molar-refractivity contribution is 9.11. The van der Waals surface area contributed by atoms with Crippen molar-refractivity contribution < 1.29 is 22.8 Å². The minimum absolute atomic E-state index is 0.0101. The first-order chi connectivity index (χ1) is 8.70. The molecule has 1 aromatic rings. The number of halogens is 4. The standard InChI is InChI=1S/C8H6BrF3N4O2S/c1-3(9)2-13-4(17)5(18)14-7-16-15-6(19-7)8(10,11)12/h1-2H2,(H,13,17)(H,14,16,18). The summed E-state index contributed by atoms with van der Waals surface area (Å²) >= 11 is 3.08. The molecule has 0 saturated carbocycles. The van der Waals surface area contributed by atoms with Gasteiger partial charge in [0.05, 0.1) is 0 Å². The lowest BCUT2D eigenvalue weighted by atomic mass is 10.5. The third-order valence-electron chi connectivity index (χ3n) is 1.53.